The van der Waals surface area contributed by atoms with Gasteiger partial charge < -0.3 is 10.6 Å². The van der Waals surface area contributed by atoms with Crippen LogP contribution in [-0.4, -0.2) is 73.9 Å². The van der Waals surface area contributed by atoms with E-state index in [4.69, 9.17) is 0 Å². The number of fused-ring (bicyclic) bond motifs is 2. The molecule has 12 nitrogen and oxygen atoms in total. The van der Waals surface area contributed by atoms with E-state index in [-0.39, 0.29) is 10.5 Å². The van der Waals surface area contributed by atoms with Crippen LogP contribution in [0.25, 0.3) is 44.3 Å². The molecule has 0 atom stereocenters. The molecule has 0 spiro atoms. The fraction of sp³-hybridized carbons (Fsp3) is 0.278. The number of sulfonamides is 2. The Morgan fingerprint density at radius 2 is 0.900 bits per heavy atom. The van der Waals surface area contributed by atoms with Crippen LogP contribution in [0.5, 0.6) is 0 Å². The number of benzene rings is 4. The van der Waals surface area contributed by atoms with E-state index in [0.717, 1.165) is 70.5 Å². The highest BCUT2D eigenvalue weighted by molar-refractivity contribution is 7.93. The van der Waals surface area contributed by atoms with Gasteiger partial charge >= 0.3 is 0 Å². The Kier molecular flexibility index (Phi) is 9.85. The third-order valence-electron chi connectivity index (χ3n) is 9.19. The number of H-pyrrole nitrogens is 2. The summed E-state index contributed by atoms with van der Waals surface area (Å²) in [6, 6.07) is 30.6. The lowest BCUT2D eigenvalue weighted by atomic mass is 10.1. The fourth-order valence-corrected chi connectivity index (χ4v) is 9.45. The number of nitrogens with one attached hydrogen (secondary N) is 6. The number of rotatable bonds is 8. The van der Waals surface area contributed by atoms with Crippen molar-refractivity contribution in [1.82, 2.24) is 31.0 Å². The largest absolute Gasteiger partial charge is 0.317 e. The minimum atomic E-state index is -3.39. The lowest BCUT2D eigenvalue weighted by molar-refractivity contribution is 0.498. The van der Waals surface area contributed by atoms with Gasteiger partial charge in [-0.1, -0.05) is 60.7 Å². The van der Waals surface area contributed by atoms with Gasteiger partial charge in [-0.2, -0.15) is 10.2 Å². The van der Waals surface area contributed by atoms with E-state index in [0.29, 0.717) is 37.1 Å². The van der Waals surface area contributed by atoms with E-state index < -0.39 is 20.0 Å². The van der Waals surface area contributed by atoms with Crippen molar-refractivity contribution in [2.24, 2.45) is 0 Å². The van der Waals surface area contributed by atoms with E-state index in [9.17, 15) is 16.8 Å². The van der Waals surface area contributed by atoms with E-state index >= 15 is 0 Å². The number of hydrogen-bond donors (Lipinski definition) is 6. The smallest absolute Gasteiger partial charge is 0.235 e. The first-order chi connectivity index (χ1) is 24.3. The van der Waals surface area contributed by atoms with Gasteiger partial charge in [-0.25, -0.2) is 16.8 Å². The third kappa shape index (κ3) is 7.53. The van der Waals surface area contributed by atoms with Crippen molar-refractivity contribution < 1.29 is 16.8 Å². The highest BCUT2D eigenvalue weighted by Crippen LogP contribution is 2.31. The average Bonchev–Trinajstić information content (AvgIpc) is 3.77. The van der Waals surface area contributed by atoms with Gasteiger partial charge in [0.25, 0.3) is 0 Å². The molecule has 2 fully saturated rings. The Bertz CT molecular complexity index is 2120. The maximum Gasteiger partial charge on any atom is 0.235 e. The number of piperidine rings is 2. The average molecular weight is 713 g/mol. The summed E-state index contributed by atoms with van der Waals surface area (Å²) in [6.45, 7) is 2.96. The van der Waals surface area contributed by atoms with Crippen molar-refractivity contribution in [1.29, 1.82) is 0 Å². The Hall–Kier alpha value is -4.76. The summed E-state index contributed by atoms with van der Waals surface area (Å²) in [5.41, 5.74) is 6.53. The van der Waals surface area contributed by atoms with Crippen molar-refractivity contribution >= 4 is 53.2 Å². The third-order valence-corrected chi connectivity index (χ3v) is 12.9. The van der Waals surface area contributed by atoms with Gasteiger partial charge in [0.15, 0.2) is 0 Å². The molecule has 50 heavy (non-hydrogen) atoms. The van der Waals surface area contributed by atoms with Crippen LogP contribution in [0.15, 0.2) is 97.1 Å². The van der Waals surface area contributed by atoms with Crippen LogP contribution in [0.2, 0.25) is 0 Å². The van der Waals surface area contributed by atoms with Gasteiger partial charge in [0, 0.05) is 33.3 Å². The quantitative estimate of drug-likeness (QED) is 0.121. The summed E-state index contributed by atoms with van der Waals surface area (Å²) in [5.74, 6) is 0. The summed E-state index contributed by atoms with van der Waals surface area (Å²) < 4.78 is 56.0. The van der Waals surface area contributed by atoms with Crippen LogP contribution >= 0.6 is 0 Å². The van der Waals surface area contributed by atoms with E-state index in [1.54, 1.807) is 12.1 Å². The Labute approximate surface area is 291 Å². The van der Waals surface area contributed by atoms with Gasteiger partial charge in [-0.15, -0.1) is 0 Å². The van der Waals surface area contributed by atoms with Crippen molar-refractivity contribution in [3.05, 3.63) is 97.1 Å². The zero-order valence-corrected chi connectivity index (χ0v) is 29.0. The van der Waals surface area contributed by atoms with Crippen LogP contribution in [0.1, 0.15) is 25.7 Å². The van der Waals surface area contributed by atoms with Gasteiger partial charge in [-0.3, -0.25) is 19.6 Å². The van der Waals surface area contributed by atoms with Gasteiger partial charge in [0.2, 0.25) is 20.0 Å². The second kappa shape index (κ2) is 14.6. The predicted octanol–water partition coefficient (Wildman–Crippen LogP) is 5.45. The molecule has 6 aromatic rings. The summed E-state index contributed by atoms with van der Waals surface area (Å²) in [7, 11) is -6.77. The maximum atomic E-state index is 12.6. The molecule has 0 unspecified atom stereocenters. The maximum absolute atomic E-state index is 12.6. The first-order valence-corrected chi connectivity index (χ1v) is 19.9. The molecule has 0 radical (unpaired) electrons. The number of nitrogens with zero attached hydrogens (tertiary/aromatic N) is 2. The van der Waals surface area contributed by atoms with Crippen LogP contribution in [0, 0.1) is 0 Å². The van der Waals surface area contributed by atoms with Crippen LogP contribution < -0.4 is 20.1 Å². The molecule has 4 aromatic carbocycles. The van der Waals surface area contributed by atoms with Gasteiger partial charge in [0.05, 0.1) is 32.9 Å². The number of aromatic nitrogens is 4. The minimum absolute atomic E-state index is 0.345. The second-order valence-corrected chi connectivity index (χ2v) is 16.5. The molecule has 2 aliphatic heterocycles. The predicted molar refractivity (Wildman–Crippen MR) is 200 cm³/mol. The fourth-order valence-electron chi connectivity index (χ4n) is 6.49. The van der Waals surface area contributed by atoms with E-state index in [2.05, 4.69) is 40.5 Å². The SMILES string of the molecule is O=S(=O)(Nc1ccc2[nH]nc(-c3ccccc3)c2c1)C1CCNCC1.O=S(=O)(Nc1ccc2[nH]nc(-c3ccccc3)c2c1)C1CCNCC1. The zero-order valence-electron chi connectivity index (χ0n) is 27.4. The highest BCUT2D eigenvalue weighted by Gasteiger charge is 2.28. The molecular weight excluding hydrogens is 673 g/mol. The van der Waals surface area contributed by atoms with E-state index in [1.807, 2.05) is 84.9 Å². The second-order valence-electron chi connectivity index (χ2n) is 12.6. The van der Waals surface area contributed by atoms with Crippen molar-refractivity contribution in [3.8, 4) is 22.5 Å². The Morgan fingerprint density at radius 3 is 1.28 bits per heavy atom. The van der Waals surface area contributed by atoms with Crippen molar-refractivity contribution in [3.63, 3.8) is 0 Å². The molecule has 260 valence electrons. The van der Waals surface area contributed by atoms with Crippen LogP contribution in [0.4, 0.5) is 11.4 Å². The summed E-state index contributed by atoms with van der Waals surface area (Å²) in [4.78, 5) is 0. The van der Waals surface area contributed by atoms with Crippen molar-refractivity contribution in [2.45, 2.75) is 36.2 Å². The van der Waals surface area contributed by atoms with Crippen LogP contribution in [0.3, 0.4) is 0 Å². The van der Waals surface area contributed by atoms with Crippen molar-refractivity contribution in [2.75, 3.05) is 35.6 Å². The minimum Gasteiger partial charge on any atom is -0.317 e. The standard InChI is InChI=1S/2C18H20N4O2S/c2*23-25(24,15-8-10-19-11-9-15)22-14-6-7-17-16(12-14)18(21-20-17)13-4-2-1-3-5-13/h2*1-7,12,15,19,22H,8-11H2,(H,20,21). The van der Waals surface area contributed by atoms with Gasteiger partial charge in [-0.05, 0) is 88.3 Å². The number of anilines is 2. The molecule has 14 heteroatoms. The first kappa shape index (κ1) is 33.7. The summed E-state index contributed by atoms with van der Waals surface area (Å²) in [5, 5.41) is 22.3. The molecule has 0 bridgehead atoms. The monoisotopic (exact) mass is 712 g/mol. The Morgan fingerprint density at radius 1 is 0.520 bits per heavy atom. The first-order valence-electron chi connectivity index (χ1n) is 16.8. The molecule has 8 rings (SSSR count). The van der Waals surface area contributed by atoms with Crippen LogP contribution in [-0.2, 0) is 20.0 Å². The Balaban J connectivity index is 0.000000157. The zero-order chi connectivity index (χ0) is 34.6. The van der Waals surface area contributed by atoms with Gasteiger partial charge in [0.1, 0.15) is 0 Å². The molecular formula is C36H40N8O4S2. The topological polar surface area (TPSA) is 174 Å². The molecule has 2 aromatic heterocycles. The molecule has 0 saturated carbocycles. The highest BCUT2D eigenvalue weighted by atomic mass is 32.2. The molecule has 4 heterocycles. The number of aromatic amines is 2. The summed E-state index contributed by atoms with van der Waals surface area (Å²) >= 11 is 0. The lowest BCUT2D eigenvalue weighted by Crippen LogP contribution is -2.38. The summed E-state index contributed by atoms with van der Waals surface area (Å²) in [6.07, 6.45) is 2.55. The van der Waals surface area contributed by atoms with E-state index in [1.165, 1.54) is 0 Å². The molecule has 6 N–H and O–H groups in total. The molecule has 0 aliphatic carbocycles. The molecule has 2 aliphatic rings. The number of hydrogen-bond acceptors (Lipinski definition) is 8. The molecule has 0 amide bonds. The normalized spacial score (nSPS) is 16.2. The molecule has 2 saturated heterocycles. The lowest BCUT2D eigenvalue weighted by Gasteiger charge is -2.23.